The van der Waals surface area contributed by atoms with E-state index in [2.05, 4.69) is 10.6 Å². The molecule has 0 saturated heterocycles. The van der Waals surface area contributed by atoms with Gasteiger partial charge in [0, 0.05) is 12.1 Å². The number of carbonyl (C=O) groups excluding carboxylic acids is 1. The normalized spacial score (nSPS) is 10.1. The fourth-order valence-corrected chi connectivity index (χ4v) is 1.34. The number of urea groups is 1. The Bertz CT molecular complexity index is 527. The van der Waals surface area contributed by atoms with Crippen LogP contribution in [0.2, 0.25) is 0 Å². The van der Waals surface area contributed by atoms with Gasteiger partial charge in [0.05, 0.1) is 10.5 Å². The van der Waals surface area contributed by atoms with E-state index in [1.807, 2.05) is 0 Å². The largest absolute Gasteiger partial charge is 0.478 e. The predicted molar refractivity (Wildman–Crippen MR) is 67.3 cm³/mol. The minimum absolute atomic E-state index is 0.0619. The summed E-state index contributed by atoms with van der Waals surface area (Å²) in [5.41, 5.74) is -0.756. The molecule has 19 heavy (non-hydrogen) atoms. The smallest absolute Gasteiger partial charge is 0.335 e. The van der Waals surface area contributed by atoms with Crippen LogP contribution in [0.5, 0.6) is 0 Å². The van der Waals surface area contributed by atoms with Crippen molar-refractivity contribution in [1.82, 2.24) is 5.32 Å². The number of nitrogens with one attached hydrogen (secondary N) is 2. The molecule has 0 atom stereocenters. The van der Waals surface area contributed by atoms with Crippen molar-refractivity contribution in [3.05, 3.63) is 33.9 Å². The molecule has 1 aromatic rings. The third-order valence-electron chi connectivity index (χ3n) is 2.11. The highest BCUT2D eigenvalue weighted by Gasteiger charge is 2.18. The van der Waals surface area contributed by atoms with E-state index in [0.29, 0.717) is 0 Å². The second-order valence-corrected chi connectivity index (χ2v) is 4.05. The Morgan fingerprint density at radius 2 is 2.00 bits per heavy atom. The lowest BCUT2D eigenvalue weighted by Crippen LogP contribution is -2.34. The van der Waals surface area contributed by atoms with E-state index in [-0.39, 0.29) is 17.3 Å². The summed E-state index contributed by atoms with van der Waals surface area (Å²) >= 11 is 0. The van der Waals surface area contributed by atoms with Gasteiger partial charge in [-0.3, -0.25) is 10.1 Å². The number of aromatic carboxylic acids is 1. The number of benzene rings is 1. The second kappa shape index (κ2) is 5.80. The molecule has 0 bridgehead atoms. The Balaban J connectivity index is 3.04. The molecule has 2 amide bonds. The Hall–Kier alpha value is -2.64. The first-order valence-electron chi connectivity index (χ1n) is 5.40. The molecule has 0 unspecified atom stereocenters. The van der Waals surface area contributed by atoms with E-state index in [1.54, 1.807) is 13.8 Å². The van der Waals surface area contributed by atoms with Crippen molar-refractivity contribution >= 4 is 23.4 Å². The number of nitro groups is 1. The highest BCUT2D eigenvalue weighted by atomic mass is 16.6. The van der Waals surface area contributed by atoms with E-state index >= 15 is 0 Å². The third-order valence-corrected chi connectivity index (χ3v) is 2.11. The Morgan fingerprint density at radius 3 is 2.47 bits per heavy atom. The first-order valence-corrected chi connectivity index (χ1v) is 5.40. The molecular formula is C11H13N3O5. The van der Waals surface area contributed by atoms with Crippen molar-refractivity contribution in [1.29, 1.82) is 0 Å². The summed E-state index contributed by atoms with van der Waals surface area (Å²) in [6.45, 7) is 3.48. The van der Waals surface area contributed by atoms with Crippen LogP contribution in [0.1, 0.15) is 24.2 Å². The van der Waals surface area contributed by atoms with Gasteiger partial charge in [0.1, 0.15) is 5.69 Å². The van der Waals surface area contributed by atoms with E-state index in [4.69, 9.17) is 5.11 Å². The van der Waals surface area contributed by atoms with E-state index in [9.17, 15) is 19.7 Å². The van der Waals surface area contributed by atoms with Crippen molar-refractivity contribution in [3.8, 4) is 0 Å². The minimum atomic E-state index is -1.28. The zero-order chi connectivity index (χ0) is 14.6. The molecule has 0 heterocycles. The van der Waals surface area contributed by atoms with E-state index < -0.39 is 22.6 Å². The third kappa shape index (κ3) is 3.95. The van der Waals surface area contributed by atoms with E-state index in [0.717, 1.165) is 6.07 Å². The summed E-state index contributed by atoms with van der Waals surface area (Å²) in [7, 11) is 0. The van der Waals surface area contributed by atoms with Gasteiger partial charge in [-0.25, -0.2) is 9.59 Å². The average Bonchev–Trinajstić information content (AvgIpc) is 2.27. The van der Waals surface area contributed by atoms with Crippen LogP contribution in [-0.4, -0.2) is 28.1 Å². The lowest BCUT2D eigenvalue weighted by molar-refractivity contribution is -0.383. The van der Waals surface area contributed by atoms with Crippen LogP contribution in [0, 0.1) is 10.1 Å². The zero-order valence-corrected chi connectivity index (χ0v) is 10.3. The van der Waals surface area contributed by atoms with Crippen LogP contribution in [-0.2, 0) is 0 Å². The number of amides is 2. The highest BCUT2D eigenvalue weighted by molar-refractivity contribution is 5.94. The molecule has 0 aliphatic carbocycles. The number of nitro benzene ring substituents is 1. The summed E-state index contributed by atoms with van der Waals surface area (Å²) in [5, 5.41) is 24.4. The topological polar surface area (TPSA) is 122 Å². The van der Waals surface area contributed by atoms with Gasteiger partial charge >= 0.3 is 12.0 Å². The van der Waals surface area contributed by atoms with Gasteiger partial charge in [-0.15, -0.1) is 0 Å². The summed E-state index contributed by atoms with van der Waals surface area (Å²) in [6.07, 6.45) is 0. The lowest BCUT2D eigenvalue weighted by Gasteiger charge is -2.10. The van der Waals surface area contributed by atoms with Gasteiger partial charge in [0.15, 0.2) is 0 Å². The molecule has 0 aliphatic heterocycles. The average molecular weight is 267 g/mol. The van der Waals surface area contributed by atoms with Crippen molar-refractivity contribution in [2.24, 2.45) is 0 Å². The van der Waals surface area contributed by atoms with Crippen molar-refractivity contribution in [2.75, 3.05) is 5.32 Å². The maximum absolute atomic E-state index is 11.5. The second-order valence-electron chi connectivity index (χ2n) is 4.05. The molecule has 0 radical (unpaired) electrons. The Kier molecular flexibility index (Phi) is 4.41. The summed E-state index contributed by atoms with van der Waals surface area (Å²) in [5.74, 6) is -1.28. The van der Waals surface area contributed by atoms with Gasteiger partial charge in [0.25, 0.3) is 5.69 Å². The predicted octanol–water partition coefficient (Wildman–Crippen LogP) is 1.82. The fourth-order valence-electron chi connectivity index (χ4n) is 1.34. The van der Waals surface area contributed by atoms with Crippen LogP contribution in [0.4, 0.5) is 16.2 Å². The minimum Gasteiger partial charge on any atom is -0.478 e. The molecule has 0 fully saturated rings. The number of rotatable bonds is 4. The molecule has 0 aliphatic rings. The molecule has 1 rings (SSSR count). The van der Waals surface area contributed by atoms with Crippen LogP contribution < -0.4 is 10.6 Å². The first kappa shape index (κ1) is 14.4. The van der Waals surface area contributed by atoms with Crippen molar-refractivity contribution < 1.29 is 19.6 Å². The van der Waals surface area contributed by atoms with Crippen molar-refractivity contribution in [3.63, 3.8) is 0 Å². The summed E-state index contributed by atoms with van der Waals surface area (Å²) < 4.78 is 0. The molecule has 0 saturated carbocycles. The molecule has 8 heteroatoms. The van der Waals surface area contributed by atoms with Gasteiger partial charge in [-0.2, -0.15) is 0 Å². The Labute approximate surface area is 108 Å². The standard InChI is InChI=1S/C11H13N3O5/c1-6(2)12-11(17)13-8-4-3-7(10(15)16)5-9(8)14(18)19/h3-6H,1-2H3,(H,15,16)(H2,12,13,17). The first-order chi connectivity index (χ1) is 8.81. The number of carbonyl (C=O) groups is 2. The van der Waals surface area contributed by atoms with Gasteiger partial charge in [-0.1, -0.05) is 0 Å². The molecular weight excluding hydrogens is 254 g/mol. The van der Waals surface area contributed by atoms with E-state index in [1.165, 1.54) is 12.1 Å². The molecule has 3 N–H and O–H groups in total. The molecule has 0 spiro atoms. The SMILES string of the molecule is CC(C)NC(=O)Nc1ccc(C(=O)O)cc1[N+](=O)[O-]. The highest BCUT2D eigenvalue weighted by Crippen LogP contribution is 2.25. The monoisotopic (exact) mass is 267 g/mol. The maximum atomic E-state index is 11.5. The van der Waals surface area contributed by atoms with Gasteiger partial charge in [0.2, 0.25) is 0 Å². The maximum Gasteiger partial charge on any atom is 0.335 e. The number of hydrogen-bond acceptors (Lipinski definition) is 4. The Morgan fingerprint density at radius 1 is 1.37 bits per heavy atom. The number of carboxylic acids is 1. The number of hydrogen-bond donors (Lipinski definition) is 3. The van der Waals surface area contributed by atoms with Gasteiger partial charge < -0.3 is 15.7 Å². The molecule has 8 nitrogen and oxygen atoms in total. The molecule has 0 aromatic heterocycles. The quantitative estimate of drug-likeness (QED) is 0.567. The molecule has 1 aromatic carbocycles. The van der Waals surface area contributed by atoms with Crippen LogP contribution in [0.3, 0.4) is 0 Å². The van der Waals surface area contributed by atoms with Crippen molar-refractivity contribution in [2.45, 2.75) is 19.9 Å². The number of anilines is 1. The van der Waals surface area contributed by atoms with Crippen LogP contribution >= 0.6 is 0 Å². The fraction of sp³-hybridized carbons (Fsp3) is 0.273. The lowest BCUT2D eigenvalue weighted by atomic mass is 10.1. The number of carboxylic acid groups (broad SMARTS) is 1. The zero-order valence-electron chi connectivity index (χ0n) is 10.3. The van der Waals surface area contributed by atoms with Crippen LogP contribution in [0.15, 0.2) is 18.2 Å². The van der Waals surface area contributed by atoms with Crippen LogP contribution in [0.25, 0.3) is 0 Å². The summed E-state index contributed by atoms with van der Waals surface area (Å²) in [4.78, 5) is 32.3. The van der Waals surface area contributed by atoms with Gasteiger partial charge in [-0.05, 0) is 26.0 Å². The molecule has 102 valence electrons. The summed E-state index contributed by atoms with van der Waals surface area (Å²) in [6, 6.07) is 2.54. The number of nitrogens with zero attached hydrogens (tertiary/aromatic N) is 1.